The summed E-state index contributed by atoms with van der Waals surface area (Å²) in [7, 11) is 0. The fraction of sp³-hybridized carbons (Fsp3) is 0.143. The molecule has 1 aliphatic carbocycles. The third kappa shape index (κ3) is 2.06. The lowest BCUT2D eigenvalue weighted by Gasteiger charge is -2.24. The Labute approximate surface area is 119 Å². The van der Waals surface area contributed by atoms with Crippen LogP contribution in [0.1, 0.15) is 34.6 Å². The molecular formula is C14H10ClNO4. The van der Waals surface area contributed by atoms with E-state index in [1.165, 1.54) is 12.1 Å². The topological polar surface area (TPSA) is 71.5 Å². The van der Waals surface area contributed by atoms with Crippen molar-refractivity contribution in [3.05, 3.63) is 46.1 Å². The third-order valence-electron chi connectivity index (χ3n) is 2.89. The van der Waals surface area contributed by atoms with Crippen molar-refractivity contribution < 1.29 is 19.2 Å². The zero-order chi connectivity index (χ0) is 15.0. The molecule has 0 fully saturated rings. The number of fused-ring (bicyclic) bond motifs is 1. The molecule has 2 amide bonds. The summed E-state index contributed by atoms with van der Waals surface area (Å²) < 4.78 is 0. The Morgan fingerprint density at radius 3 is 1.85 bits per heavy atom. The predicted octanol–water partition coefficient (Wildman–Crippen LogP) is 1.91. The zero-order valence-electron chi connectivity index (χ0n) is 10.8. The van der Waals surface area contributed by atoms with Gasteiger partial charge in [0.1, 0.15) is 10.7 Å². The average molecular weight is 292 g/mol. The van der Waals surface area contributed by atoms with Gasteiger partial charge >= 0.3 is 0 Å². The Morgan fingerprint density at radius 1 is 0.950 bits per heavy atom. The molecule has 0 bridgehead atoms. The molecule has 0 unspecified atom stereocenters. The molecule has 0 spiro atoms. The van der Waals surface area contributed by atoms with Gasteiger partial charge in [-0.1, -0.05) is 35.9 Å². The second kappa shape index (κ2) is 5.02. The lowest BCUT2D eigenvalue weighted by Crippen LogP contribution is -2.39. The molecule has 102 valence electrons. The van der Waals surface area contributed by atoms with Gasteiger partial charge in [0.05, 0.1) is 0 Å². The molecule has 1 aromatic rings. The van der Waals surface area contributed by atoms with Gasteiger partial charge in [0, 0.05) is 25.0 Å². The van der Waals surface area contributed by atoms with Crippen molar-refractivity contribution in [1.29, 1.82) is 0 Å². The van der Waals surface area contributed by atoms with Crippen molar-refractivity contribution >= 4 is 35.0 Å². The predicted molar refractivity (Wildman–Crippen MR) is 71.2 cm³/mol. The van der Waals surface area contributed by atoms with Crippen LogP contribution >= 0.6 is 11.6 Å². The summed E-state index contributed by atoms with van der Waals surface area (Å²) in [6.45, 7) is 2.24. The van der Waals surface area contributed by atoms with Crippen LogP contribution in [0.15, 0.2) is 35.0 Å². The van der Waals surface area contributed by atoms with Crippen LogP contribution in [0.3, 0.4) is 0 Å². The molecule has 0 aliphatic heterocycles. The summed E-state index contributed by atoms with van der Waals surface area (Å²) >= 11 is 5.90. The van der Waals surface area contributed by atoms with E-state index in [2.05, 4.69) is 0 Å². The van der Waals surface area contributed by atoms with E-state index in [-0.39, 0.29) is 16.8 Å². The Hall–Kier alpha value is -2.27. The van der Waals surface area contributed by atoms with Crippen molar-refractivity contribution in [1.82, 2.24) is 4.90 Å². The number of carbonyl (C=O) groups is 4. The second-order valence-electron chi connectivity index (χ2n) is 4.24. The summed E-state index contributed by atoms with van der Waals surface area (Å²) in [5.41, 5.74) is -0.0851. The number of hydrogen-bond acceptors (Lipinski definition) is 4. The fourth-order valence-electron chi connectivity index (χ4n) is 2.07. The monoisotopic (exact) mass is 291 g/mol. The summed E-state index contributed by atoms with van der Waals surface area (Å²) in [5.74, 6) is -2.54. The lowest BCUT2D eigenvalue weighted by molar-refractivity contribution is -0.139. The highest BCUT2D eigenvalue weighted by molar-refractivity contribution is 6.50. The maximum Gasteiger partial charge on any atom is 0.230 e. The maximum absolute atomic E-state index is 12.4. The van der Waals surface area contributed by atoms with E-state index in [0.717, 1.165) is 13.8 Å². The number of nitrogens with zero attached hydrogens (tertiary/aromatic N) is 1. The number of halogens is 1. The summed E-state index contributed by atoms with van der Waals surface area (Å²) in [6.07, 6.45) is 0. The lowest BCUT2D eigenvalue weighted by atomic mass is 9.92. The van der Waals surface area contributed by atoms with Crippen LogP contribution in [0.2, 0.25) is 0 Å². The SMILES string of the molecule is CC(=O)N(C(C)=O)C1=C(Cl)C(=O)c2ccccc2C1=O. The molecule has 0 atom stereocenters. The first-order valence-corrected chi connectivity index (χ1v) is 6.13. The molecule has 1 aliphatic rings. The van der Waals surface area contributed by atoms with Crippen LogP contribution in [0.4, 0.5) is 0 Å². The number of amides is 2. The zero-order valence-corrected chi connectivity index (χ0v) is 11.5. The maximum atomic E-state index is 12.4. The number of Topliss-reactive ketones (excluding diaryl/α,β-unsaturated/α-hetero) is 2. The third-order valence-corrected chi connectivity index (χ3v) is 3.24. The van der Waals surface area contributed by atoms with Gasteiger partial charge in [-0.25, -0.2) is 4.90 Å². The second-order valence-corrected chi connectivity index (χ2v) is 4.62. The molecule has 6 heteroatoms. The van der Waals surface area contributed by atoms with Gasteiger partial charge in [0.25, 0.3) is 0 Å². The molecule has 0 N–H and O–H groups in total. The van der Waals surface area contributed by atoms with E-state index in [9.17, 15) is 19.2 Å². The number of rotatable bonds is 1. The van der Waals surface area contributed by atoms with Crippen molar-refractivity contribution in [3.63, 3.8) is 0 Å². The minimum atomic E-state index is -0.675. The molecule has 1 aromatic carbocycles. The number of carbonyl (C=O) groups excluding carboxylic acids is 4. The Morgan fingerprint density at radius 2 is 1.40 bits per heavy atom. The standard InChI is InChI=1S/C14H10ClNO4/c1-7(17)16(8(2)18)12-11(15)13(19)9-5-3-4-6-10(9)14(12)20/h3-6H,1-2H3. The van der Waals surface area contributed by atoms with E-state index >= 15 is 0 Å². The van der Waals surface area contributed by atoms with Gasteiger partial charge < -0.3 is 0 Å². The molecule has 0 saturated heterocycles. The van der Waals surface area contributed by atoms with Gasteiger partial charge in [-0.15, -0.1) is 0 Å². The molecular weight excluding hydrogens is 282 g/mol. The molecule has 2 rings (SSSR count). The van der Waals surface area contributed by atoms with Gasteiger partial charge in [0.15, 0.2) is 0 Å². The van der Waals surface area contributed by atoms with E-state index < -0.39 is 28.4 Å². The van der Waals surface area contributed by atoms with Gasteiger partial charge in [-0.05, 0) is 0 Å². The normalized spacial score (nSPS) is 14.2. The highest BCUT2D eigenvalue weighted by atomic mass is 35.5. The van der Waals surface area contributed by atoms with Crippen molar-refractivity contribution in [3.8, 4) is 0 Å². The summed E-state index contributed by atoms with van der Waals surface area (Å²) in [5, 5.41) is -0.417. The quantitative estimate of drug-likeness (QED) is 0.792. The van der Waals surface area contributed by atoms with E-state index in [4.69, 9.17) is 11.6 Å². The molecule has 20 heavy (non-hydrogen) atoms. The summed E-state index contributed by atoms with van der Waals surface area (Å²) in [6, 6.07) is 6.12. The minimum absolute atomic E-state index is 0.129. The number of hydrogen-bond donors (Lipinski definition) is 0. The highest BCUT2D eigenvalue weighted by Gasteiger charge is 2.37. The number of imide groups is 1. The van der Waals surface area contributed by atoms with Gasteiger partial charge in [-0.2, -0.15) is 0 Å². The largest absolute Gasteiger partial charge is 0.287 e. The smallest absolute Gasteiger partial charge is 0.230 e. The number of benzene rings is 1. The van der Waals surface area contributed by atoms with Crippen LogP contribution < -0.4 is 0 Å². The van der Waals surface area contributed by atoms with E-state index in [1.54, 1.807) is 12.1 Å². The van der Waals surface area contributed by atoms with Crippen LogP contribution in [-0.2, 0) is 9.59 Å². The summed E-state index contributed by atoms with van der Waals surface area (Å²) in [4.78, 5) is 48.2. The van der Waals surface area contributed by atoms with Crippen LogP contribution in [0, 0.1) is 0 Å². The first-order valence-electron chi connectivity index (χ1n) is 5.75. The van der Waals surface area contributed by atoms with Crippen molar-refractivity contribution in [2.24, 2.45) is 0 Å². The van der Waals surface area contributed by atoms with Crippen LogP contribution in [0.25, 0.3) is 0 Å². The number of ketones is 2. The molecule has 5 nitrogen and oxygen atoms in total. The van der Waals surface area contributed by atoms with Crippen LogP contribution in [0.5, 0.6) is 0 Å². The first-order chi connectivity index (χ1) is 9.36. The minimum Gasteiger partial charge on any atom is -0.287 e. The molecule has 0 heterocycles. The Kier molecular flexibility index (Phi) is 3.55. The molecule has 0 radical (unpaired) electrons. The van der Waals surface area contributed by atoms with Crippen molar-refractivity contribution in [2.45, 2.75) is 13.8 Å². The van der Waals surface area contributed by atoms with Gasteiger partial charge in [0.2, 0.25) is 23.4 Å². The highest BCUT2D eigenvalue weighted by Crippen LogP contribution is 2.30. The van der Waals surface area contributed by atoms with E-state index in [0.29, 0.717) is 4.90 Å². The van der Waals surface area contributed by atoms with Crippen LogP contribution in [-0.4, -0.2) is 28.3 Å². The fourth-order valence-corrected chi connectivity index (χ4v) is 2.34. The Bertz CT molecular complexity index is 676. The van der Waals surface area contributed by atoms with Crippen molar-refractivity contribution in [2.75, 3.05) is 0 Å². The first kappa shape index (κ1) is 14.1. The Balaban J connectivity index is 2.68. The van der Waals surface area contributed by atoms with E-state index in [1.807, 2.05) is 0 Å². The number of allylic oxidation sites excluding steroid dienone is 2. The average Bonchev–Trinajstić information content (AvgIpc) is 2.40. The molecule has 0 saturated carbocycles. The molecule has 0 aromatic heterocycles. The van der Waals surface area contributed by atoms with Gasteiger partial charge in [-0.3, -0.25) is 19.2 Å².